The van der Waals surface area contributed by atoms with Crippen molar-refractivity contribution in [2.45, 2.75) is 87.4 Å². The molecule has 2 aliphatic carbocycles. The number of fused-ring (bicyclic) bond motifs is 1. The van der Waals surface area contributed by atoms with E-state index in [9.17, 15) is 36.0 Å². The van der Waals surface area contributed by atoms with Crippen LogP contribution in [0.4, 0.5) is 18.0 Å². The molecule has 0 spiro atoms. The number of rotatable bonds is 15. The molecule has 4 amide bonds. The lowest BCUT2D eigenvalue weighted by atomic mass is 10.1. The van der Waals surface area contributed by atoms with Gasteiger partial charge in [0.05, 0.1) is 23.9 Å². The van der Waals surface area contributed by atoms with Gasteiger partial charge in [-0.05, 0) is 64.5 Å². The van der Waals surface area contributed by atoms with E-state index in [1.165, 1.54) is 29.1 Å². The van der Waals surface area contributed by atoms with Crippen LogP contribution in [0, 0.1) is 12.8 Å². The molecule has 56 heavy (non-hydrogen) atoms. The van der Waals surface area contributed by atoms with Crippen molar-refractivity contribution < 1.29 is 45.4 Å². The number of aromatic nitrogens is 2. The fourth-order valence-electron chi connectivity index (χ4n) is 6.93. The van der Waals surface area contributed by atoms with Crippen molar-refractivity contribution in [1.29, 1.82) is 0 Å². The summed E-state index contributed by atoms with van der Waals surface area (Å²) in [7, 11) is -0.904. The number of sulfonamides is 1. The zero-order chi connectivity index (χ0) is 40.8. The number of pyridine rings is 1. The fraction of sp³-hybridized carbons (Fsp3) is 0.500. The lowest BCUT2D eigenvalue weighted by Gasteiger charge is -2.29. The van der Waals surface area contributed by atoms with Crippen LogP contribution in [0.2, 0.25) is 0 Å². The molecular formula is C38H45F3N6O7S2. The molecule has 1 saturated heterocycles. The molecule has 1 aliphatic heterocycles. The minimum Gasteiger partial charge on any atom is -0.496 e. The Morgan fingerprint density at radius 3 is 2.50 bits per heavy atom. The topological polar surface area (TPSA) is 160 Å². The summed E-state index contributed by atoms with van der Waals surface area (Å²) >= 11 is 0.775. The first kappa shape index (κ1) is 40.9. The highest BCUT2D eigenvalue weighted by Gasteiger charge is 2.63. The van der Waals surface area contributed by atoms with E-state index in [1.807, 2.05) is 0 Å². The number of benzene rings is 1. The number of likely N-dealkylation sites (N-methyl/N-ethyl adjacent to an activating group) is 1. The number of aryl methyl sites for hydroxylation is 1. The zero-order valence-corrected chi connectivity index (χ0v) is 33.2. The van der Waals surface area contributed by atoms with Gasteiger partial charge in [-0.25, -0.2) is 23.2 Å². The monoisotopic (exact) mass is 818 g/mol. The van der Waals surface area contributed by atoms with Crippen LogP contribution in [0.25, 0.3) is 21.6 Å². The molecule has 3 aliphatic rings. The Morgan fingerprint density at radius 2 is 1.89 bits per heavy atom. The second kappa shape index (κ2) is 15.3. The molecule has 1 aromatic carbocycles. The van der Waals surface area contributed by atoms with E-state index in [0.29, 0.717) is 48.0 Å². The molecule has 4 atom stereocenters. The van der Waals surface area contributed by atoms with Crippen molar-refractivity contribution in [3.8, 4) is 22.2 Å². The van der Waals surface area contributed by atoms with Gasteiger partial charge in [0.1, 0.15) is 39.9 Å². The van der Waals surface area contributed by atoms with Gasteiger partial charge in [-0.3, -0.25) is 14.3 Å². The second-order valence-electron chi connectivity index (χ2n) is 14.9. The summed E-state index contributed by atoms with van der Waals surface area (Å²) in [6, 6.07) is 3.09. The number of nitrogens with zero attached hydrogens (tertiary/aromatic N) is 4. The third-order valence-corrected chi connectivity index (χ3v) is 13.9. The fourth-order valence-corrected chi connectivity index (χ4v) is 9.03. The Kier molecular flexibility index (Phi) is 11.2. The van der Waals surface area contributed by atoms with Crippen molar-refractivity contribution in [2.24, 2.45) is 5.92 Å². The van der Waals surface area contributed by atoms with Gasteiger partial charge in [0.2, 0.25) is 15.9 Å². The van der Waals surface area contributed by atoms with E-state index in [2.05, 4.69) is 33.2 Å². The number of nitrogens with one attached hydrogen (secondary N) is 2. The average molecular weight is 819 g/mol. The number of urea groups is 1. The normalized spacial score (nSPS) is 22.6. The van der Waals surface area contributed by atoms with E-state index in [0.717, 1.165) is 29.6 Å². The number of amides is 4. The first-order valence-electron chi connectivity index (χ1n) is 18.2. The molecule has 0 bridgehead atoms. The molecule has 0 radical (unpaired) electrons. The molecule has 6 rings (SSSR count). The van der Waals surface area contributed by atoms with Gasteiger partial charge in [0.25, 0.3) is 5.91 Å². The Labute approximate surface area is 327 Å². The van der Waals surface area contributed by atoms with Crippen molar-refractivity contribution >= 4 is 50.1 Å². The first-order valence-corrected chi connectivity index (χ1v) is 20.6. The van der Waals surface area contributed by atoms with Crippen LogP contribution in [-0.4, -0.2) is 95.7 Å². The van der Waals surface area contributed by atoms with Gasteiger partial charge in [0, 0.05) is 48.3 Å². The summed E-state index contributed by atoms with van der Waals surface area (Å²) in [5.41, 5.74) is -1.54. The first-order chi connectivity index (χ1) is 26.4. The highest BCUT2D eigenvalue weighted by atomic mass is 32.2. The van der Waals surface area contributed by atoms with Crippen LogP contribution in [0.1, 0.15) is 63.1 Å². The van der Waals surface area contributed by atoms with Crippen LogP contribution in [0.5, 0.6) is 11.5 Å². The number of unbranched alkanes of at least 4 members (excludes halogenated alkanes) is 2. The average Bonchev–Trinajstić information content (AvgIpc) is 3.93. The Bertz CT molecular complexity index is 2170. The molecule has 302 valence electrons. The number of alkyl halides is 3. The van der Waals surface area contributed by atoms with E-state index >= 15 is 0 Å². The van der Waals surface area contributed by atoms with Crippen molar-refractivity contribution in [3.63, 3.8) is 0 Å². The number of methoxy groups -OCH3 is 1. The minimum absolute atomic E-state index is 0.00679. The molecule has 2 saturated carbocycles. The molecule has 3 heterocycles. The number of carbonyl (C=O) groups excluding carboxylic acids is 3. The highest BCUT2D eigenvalue weighted by molar-refractivity contribution is 7.91. The lowest BCUT2D eigenvalue weighted by Crippen LogP contribution is -2.58. The van der Waals surface area contributed by atoms with Gasteiger partial charge in [-0.15, -0.1) is 24.5 Å². The minimum atomic E-state index is -4.66. The van der Waals surface area contributed by atoms with Gasteiger partial charge in [0.15, 0.2) is 5.69 Å². The number of hydrogen-bond donors (Lipinski definition) is 2. The summed E-state index contributed by atoms with van der Waals surface area (Å²) in [6.07, 6.45) is 1.00. The van der Waals surface area contributed by atoms with Crippen molar-refractivity contribution in [3.05, 3.63) is 60.1 Å². The molecule has 2 aromatic heterocycles. The molecular weight excluding hydrogens is 774 g/mol. The van der Waals surface area contributed by atoms with Crippen molar-refractivity contribution in [1.82, 2.24) is 29.8 Å². The molecule has 2 N–H and O–H groups in total. The third-order valence-electron chi connectivity index (χ3n) is 10.9. The number of halogens is 3. The molecule has 3 fully saturated rings. The van der Waals surface area contributed by atoms with Crippen molar-refractivity contribution in [2.75, 3.05) is 27.2 Å². The maximum absolute atomic E-state index is 14.2. The number of allylic oxidation sites excluding steroid dienone is 1. The highest BCUT2D eigenvalue weighted by Crippen LogP contribution is 2.47. The number of carbonyl (C=O) groups is 3. The van der Waals surface area contributed by atoms with E-state index in [4.69, 9.17) is 9.47 Å². The number of hydrogen-bond acceptors (Lipinski definition) is 10. The van der Waals surface area contributed by atoms with Gasteiger partial charge < -0.3 is 24.6 Å². The summed E-state index contributed by atoms with van der Waals surface area (Å²) in [4.78, 5) is 53.1. The molecule has 2 unspecified atom stereocenters. The maximum atomic E-state index is 14.2. The van der Waals surface area contributed by atoms with Gasteiger partial charge in [-0.2, -0.15) is 13.2 Å². The number of likely N-dealkylation sites (tertiary alicyclic amines) is 1. The smallest absolute Gasteiger partial charge is 0.434 e. The van der Waals surface area contributed by atoms with Crippen LogP contribution < -0.4 is 19.5 Å². The maximum Gasteiger partial charge on any atom is 0.434 e. The summed E-state index contributed by atoms with van der Waals surface area (Å²) in [5.74, 6) is -1.08. The van der Waals surface area contributed by atoms with Gasteiger partial charge >= 0.3 is 12.2 Å². The van der Waals surface area contributed by atoms with Crippen LogP contribution in [0.3, 0.4) is 0 Å². The standard InChI is InChI=1S/C38H45F3N6O7S2/c1-7-9-10-11-16-46(5)33(48)27-17-24(20-47(27)35(50)44-37(19-23(37)8-2)34(49)45-56(51,52)36(4)14-15-36)54-29-18-26(32-43-30(21-55-32)38(39,40)41)42-31-22(3)28(53-6)13-12-25(29)31/h7-8,12-13,18,21,23-24,27H,1-2,9-11,14-17,19-20H2,3-6H3,(H,44,50)(H,45,49)/t23-,24?,27?,37-/m1/s1. The molecule has 18 heteroatoms. The summed E-state index contributed by atoms with van der Waals surface area (Å²) < 4.78 is 79.7. The SMILES string of the molecule is C=CCCCCN(C)C(=O)C1CC(Oc2cc(-c3nc(C(F)(F)F)cs3)nc3c(C)c(OC)ccc23)CN1C(=O)N[C@]1(C(=O)NS(=O)(=O)C2(C)CC2)C[C@H]1C=C. The second-order valence-corrected chi connectivity index (χ2v) is 17.9. The van der Waals surface area contributed by atoms with Crippen LogP contribution >= 0.6 is 11.3 Å². The molecule has 13 nitrogen and oxygen atoms in total. The zero-order valence-electron chi connectivity index (χ0n) is 31.6. The van der Waals surface area contributed by atoms with Crippen LogP contribution in [-0.2, 0) is 25.8 Å². The number of ether oxygens (including phenoxy) is 2. The van der Waals surface area contributed by atoms with E-state index in [1.54, 1.807) is 39.1 Å². The number of thiazole rings is 1. The lowest BCUT2D eigenvalue weighted by molar-refractivity contribution is -0.140. The Balaban J connectivity index is 1.32. The van der Waals surface area contributed by atoms with E-state index in [-0.39, 0.29) is 41.7 Å². The Morgan fingerprint density at radius 1 is 1.16 bits per heavy atom. The largest absolute Gasteiger partial charge is 0.496 e. The Hall–Kier alpha value is -4.71. The summed E-state index contributed by atoms with van der Waals surface area (Å²) in [6.45, 7) is 11.1. The summed E-state index contributed by atoms with van der Waals surface area (Å²) in [5, 5.41) is 4.17. The quantitative estimate of drug-likeness (QED) is 0.139. The third kappa shape index (κ3) is 7.94. The predicted octanol–water partition coefficient (Wildman–Crippen LogP) is 5.98. The van der Waals surface area contributed by atoms with Crippen LogP contribution in [0.15, 0.2) is 48.9 Å². The molecule has 3 aromatic rings. The van der Waals surface area contributed by atoms with E-state index < -0.39 is 62.2 Å². The predicted molar refractivity (Wildman–Crippen MR) is 205 cm³/mol. The van der Waals surface area contributed by atoms with Gasteiger partial charge in [-0.1, -0.05) is 12.2 Å².